The minimum absolute atomic E-state index is 0.0935. The average Bonchev–Trinajstić information content (AvgIpc) is 2.99. The summed E-state index contributed by atoms with van der Waals surface area (Å²) in [7, 11) is 0. The van der Waals surface area contributed by atoms with Crippen LogP contribution in [0.3, 0.4) is 0 Å². The van der Waals surface area contributed by atoms with Crippen LogP contribution in [0.1, 0.15) is 37.7 Å². The lowest BCUT2D eigenvalue weighted by Gasteiger charge is -2.10. The van der Waals surface area contributed by atoms with Crippen LogP contribution >= 0.6 is 0 Å². The minimum Gasteiger partial charge on any atom is -0.395 e. The van der Waals surface area contributed by atoms with Crippen molar-refractivity contribution >= 4 is 0 Å². The van der Waals surface area contributed by atoms with Gasteiger partial charge >= 0.3 is 0 Å². The van der Waals surface area contributed by atoms with E-state index in [0.717, 1.165) is 37.2 Å². The van der Waals surface area contributed by atoms with Crippen LogP contribution in [0.25, 0.3) is 0 Å². The van der Waals surface area contributed by atoms with Gasteiger partial charge in [0.25, 0.3) is 0 Å². The van der Waals surface area contributed by atoms with Crippen LogP contribution in [-0.2, 0) is 11.8 Å². The molecule has 3 nitrogen and oxygen atoms in total. The van der Waals surface area contributed by atoms with Crippen LogP contribution in [0.2, 0.25) is 0 Å². The summed E-state index contributed by atoms with van der Waals surface area (Å²) in [5.41, 5.74) is 1.00. The molecular weight excluding hydrogens is 176 g/mol. The van der Waals surface area contributed by atoms with E-state index in [9.17, 15) is 5.11 Å². The summed E-state index contributed by atoms with van der Waals surface area (Å²) in [5.74, 6) is 0.839. The fraction of sp³-hybridized carbons (Fsp3) is 0.636. The second-order valence-corrected chi connectivity index (χ2v) is 4.06. The number of aromatic nitrogens is 2. The number of rotatable bonds is 4. The molecule has 3 heteroatoms. The second-order valence-electron chi connectivity index (χ2n) is 4.06. The zero-order chi connectivity index (χ0) is 10.0. The van der Waals surface area contributed by atoms with E-state index < -0.39 is 0 Å². The number of aryl methyl sites for hydroxylation is 1. The molecule has 1 aliphatic carbocycles. The molecule has 1 aromatic rings. The molecule has 0 aliphatic heterocycles. The Hall–Kier alpha value is -0.960. The highest BCUT2D eigenvalue weighted by atomic mass is 16.3. The highest BCUT2D eigenvalue weighted by Crippen LogP contribution is 2.45. The van der Waals surface area contributed by atoms with Gasteiger partial charge in [0.15, 0.2) is 0 Å². The molecule has 0 spiro atoms. The quantitative estimate of drug-likeness (QED) is 0.785. The maximum absolute atomic E-state index is 9.25. The van der Waals surface area contributed by atoms with E-state index in [0.29, 0.717) is 0 Å². The largest absolute Gasteiger partial charge is 0.395 e. The Bertz CT molecular complexity index is 321. The number of hydrogen-bond acceptors (Lipinski definition) is 3. The van der Waals surface area contributed by atoms with E-state index in [1.54, 1.807) is 0 Å². The second kappa shape index (κ2) is 3.65. The molecule has 76 valence electrons. The summed E-state index contributed by atoms with van der Waals surface area (Å²) in [5, 5.41) is 9.25. The Labute approximate surface area is 84.2 Å². The lowest BCUT2D eigenvalue weighted by Crippen LogP contribution is -2.16. The lowest BCUT2D eigenvalue weighted by molar-refractivity contribution is 0.249. The molecule has 1 aromatic heterocycles. The first-order valence-corrected chi connectivity index (χ1v) is 5.24. The Morgan fingerprint density at radius 1 is 1.50 bits per heavy atom. The maximum Gasteiger partial charge on any atom is 0.136 e. The van der Waals surface area contributed by atoms with Gasteiger partial charge in [-0.15, -0.1) is 0 Å². The highest BCUT2D eigenvalue weighted by molar-refractivity contribution is 5.19. The third kappa shape index (κ3) is 1.64. The SMILES string of the molecule is CCCc1ccnc(C2(CO)CC2)n1. The molecule has 2 rings (SSSR count). The standard InChI is InChI=1S/C11H16N2O/c1-2-3-9-4-7-12-10(13-9)11(8-14)5-6-11/h4,7,14H,2-3,5-6,8H2,1H3. The molecule has 0 aromatic carbocycles. The molecule has 1 N–H and O–H groups in total. The van der Waals surface area contributed by atoms with Gasteiger partial charge in [0.2, 0.25) is 0 Å². The van der Waals surface area contributed by atoms with Crippen LogP contribution in [0.15, 0.2) is 12.3 Å². The number of hydrogen-bond donors (Lipinski definition) is 1. The van der Waals surface area contributed by atoms with Gasteiger partial charge < -0.3 is 5.11 Å². The summed E-state index contributed by atoms with van der Waals surface area (Å²) in [6.07, 6.45) is 5.96. The van der Waals surface area contributed by atoms with Gasteiger partial charge in [-0.2, -0.15) is 0 Å². The van der Waals surface area contributed by atoms with Crippen molar-refractivity contribution in [2.45, 2.75) is 38.0 Å². The van der Waals surface area contributed by atoms with E-state index in [2.05, 4.69) is 16.9 Å². The van der Waals surface area contributed by atoms with Gasteiger partial charge in [-0.25, -0.2) is 9.97 Å². The zero-order valence-electron chi connectivity index (χ0n) is 8.53. The number of aliphatic hydroxyl groups is 1. The molecule has 0 saturated heterocycles. The van der Waals surface area contributed by atoms with Gasteiger partial charge in [0.05, 0.1) is 12.0 Å². The van der Waals surface area contributed by atoms with Gasteiger partial charge in [-0.05, 0) is 25.3 Å². The van der Waals surface area contributed by atoms with Gasteiger partial charge in [0.1, 0.15) is 5.82 Å². The zero-order valence-corrected chi connectivity index (χ0v) is 8.53. The van der Waals surface area contributed by atoms with E-state index in [1.807, 2.05) is 12.3 Å². The predicted octanol–water partition coefficient (Wildman–Crippen LogP) is 1.45. The highest BCUT2D eigenvalue weighted by Gasteiger charge is 2.46. The van der Waals surface area contributed by atoms with Crippen molar-refractivity contribution in [3.63, 3.8) is 0 Å². The van der Waals surface area contributed by atoms with E-state index in [4.69, 9.17) is 0 Å². The van der Waals surface area contributed by atoms with Crippen LogP contribution in [0.5, 0.6) is 0 Å². The van der Waals surface area contributed by atoms with Crippen LogP contribution < -0.4 is 0 Å². The molecule has 1 aliphatic rings. The summed E-state index contributed by atoms with van der Waals surface area (Å²) >= 11 is 0. The van der Waals surface area contributed by atoms with Crippen LogP contribution in [-0.4, -0.2) is 21.7 Å². The summed E-state index contributed by atoms with van der Waals surface area (Å²) in [6.45, 7) is 2.32. The lowest BCUT2D eigenvalue weighted by atomic mass is 10.1. The molecular formula is C11H16N2O. The predicted molar refractivity (Wildman–Crippen MR) is 54.0 cm³/mol. The fourth-order valence-corrected chi connectivity index (χ4v) is 1.65. The van der Waals surface area contributed by atoms with Crippen molar-refractivity contribution in [3.8, 4) is 0 Å². The number of nitrogens with zero attached hydrogens (tertiary/aromatic N) is 2. The fourth-order valence-electron chi connectivity index (χ4n) is 1.65. The molecule has 0 bridgehead atoms. The maximum atomic E-state index is 9.25. The van der Waals surface area contributed by atoms with Crippen molar-refractivity contribution in [2.75, 3.05) is 6.61 Å². The molecule has 0 unspecified atom stereocenters. The van der Waals surface area contributed by atoms with Crippen LogP contribution in [0, 0.1) is 0 Å². The van der Waals surface area contributed by atoms with E-state index >= 15 is 0 Å². The van der Waals surface area contributed by atoms with Crippen molar-refractivity contribution in [1.29, 1.82) is 0 Å². The Kier molecular flexibility index (Phi) is 2.50. The third-order valence-corrected chi connectivity index (χ3v) is 2.85. The summed E-state index contributed by atoms with van der Waals surface area (Å²) < 4.78 is 0. The first-order valence-electron chi connectivity index (χ1n) is 5.24. The third-order valence-electron chi connectivity index (χ3n) is 2.85. The topological polar surface area (TPSA) is 46.0 Å². The molecule has 14 heavy (non-hydrogen) atoms. The smallest absolute Gasteiger partial charge is 0.136 e. The number of aliphatic hydroxyl groups excluding tert-OH is 1. The molecule has 1 heterocycles. The normalized spacial score (nSPS) is 18.1. The first kappa shape index (κ1) is 9.59. The molecule has 0 amide bonds. The van der Waals surface area contributed by atoms with Crippen molar-refractivity contribution in [1.82, 2.24) is 9.97 Å². The molecule has 0 radical (unpaired) electrons. The monoisotopic (exact) mass is 192 g/mol. The van der Waals surface area contributed by atoms with Gasteiger partial charge in [-0.3, -0.25) is 0 Å². The van der Waals surface area contributed by atoms with Crippen molar-refractivity contribution in [2.24, 2.45) is 0 Å². The Balaban J connectivity index is 2.22. The molecule has 1 fully saturated rings. The Morgan fingerprint density at radius 2 is 2.29 bits per heavy atom. The van der Waals surface area contributed by atoms with Crippen LogP contribution in [0.4, 0.5) is 0 Å². The first-order chi connectivity index (χ1) is 6.80. The molecule has 0 atom stereocenters. The van der Waals surface area contributed by atoms with Gasteiger partial charge in [-0.1, -0.05) is 13.3 Å². The average molecular weight is 192 g/mol. The molecule has 1 saturated carbocycles. The van der Waals surface area contributed by atoms with E-state index in [-0.39, 0.29) is 12.0 Å². The Morgan fingerprint density at radius 3 is 2.86 bits per heavy atom. The van der Waals surface area contributed by atoms with E-state index in [1.165, 1.54) is 0 Å². The summed E-state index contributed by atoms with van der Waals surface area (Å²) in [6, 6.07) is 1.96. The van der Waals surface area contributed by atoms with Crippen molar-refractivity contribution in [3.05, 3.63) is 23.8 Å². The minimum atomic E-state index is -0.0935. The van der Waals surface area contributed by atoms with Gasteiger partial charge in [0, 0.05) is 11.9 Å². The van der Waals surface area contributed by atoms with Crippen molar-refractivity contribution < 1.29 is 5.11 Å². The summed E-state index contributed by atoms with van der Waals surface area (Å²) in [4.78, 5) is 8.75.